The second kappa shape index (κ2) is 8.14. The third-order valence-electron chi connectivity index (χ3n) is 2.85. The van der Waals surface area contributed by atoms with Crippen LogP contribution in [0.4, 0.5) is 0 Å². The third-order valence-corrected chi connectivity index (χ3v) is 3.74. The number of hydrogen-bond acceptors (Lipinski definition) is 6. The monoisotopic (exact) mass is 333 g/mol. The summed E-state index contributed by atoms with van der Waals surface area (Å²) in [6, 6.07) is 8.08. The zero-order chi connectivity index (χ0) is 16.7. The summed E-state index contributed by atoms with van der Waals surface area (Å²) in [5, 5.41) is 3.15. The molecule has 0 spiro atoms. The highest BCUT2D eigenvalue weighted by Gasteiger charge is 2.06. The molecule has 0 aliphatic carbocycles. The number of carbonyl (C=O) groups excluding carboxylic acids is 2. The second-order valence-electron chi connectivity index (χ2n) is 4.49. The van der Waals surface area contributed by atoms with Gasteiger partial charge in [0, 0.05) is 18.8 Å². The maximum Gasteiger partial charge on any atom is 0.337 e. The van der Waals surface area contributed by atoms with Crippen molar-refractivity contribution in [2.75, 3.05) is 12.9 Å². The van der Waals surface area contributed by atoms with Crippen LogP contribution in [-0.4, -0.2) is 34.7 Å². The number of aromatic amines is 1. The van der Waals surface area contributed by atoms with Crippen LogP contribution in [-0.2, 0) is 16.1 Å². The van der Waals surface area contributed by atoms with E-state index in [0.717, 1.165) is 17.3 Å². The number of hydrogen-bond donors (Lipinski definition) is 2. The van der Waals surface area contributed by atoms with Crippen molar-refractivity contribution in [3.63, 3.8) is 0 Å². The number of esters is 1. The molecule has 0 saturated heterocycles. The number of methoxy groups -OCH3 is 1. The number of thioether (sulfide) groups is 1. The topological polar surface area (TPSA) is 101 Å². The van der Waals surface area contributed by atoms with Crippen molar-refractivity contribution in [3.05, 3.63) is 58.0 Å². The van der Waals surface area contributed by atoms with Crippen LogP contribution in [0.3, 0.4) is 0 Å². The van der Waals surface area contributed by atoms with Gasteiger partial charge in [-0.25, -0.2) is 9.78 Å². The van der Waals surface area contributed by atoms with E-state index < -0.39 is 5.97 Å². The Kier molecular flexibility index (Phi) is 5.93. The standard InChI is InChI=1S/C15H15N3O4S/c1-22-14(21)11-4-2-10(3-5-11)8-17-13(20)9-23-15-16-7-6-12(19)18-15/h2-7H,8-9H2,1H3,(H,17,20)(H,16,18,19). The molecular weight excluding hydrogens is 318 g/mol. The molecule has 2 N–H and O–H groups in total. The second-order valence-corrected chi connectivity index (χ2v) is 5.46. The number of benzene rings is 1. The average molecular weight is 333 g/mol. The summed E-state index contributed by atoms with van der Waals surface area (Å²) >= 11 is 1.15. The average Bonchev–Trinajstić information content (AvgIpc) is 2.58. The van der Waals surface area contributed by atoms with Crippen molar-refractivity contribution in [2.24, 2.45) is 0 Å². The van der Waals surface area contributed by atoms with Crippen molar-refractivity contribution < 1.29 is 14.3 Å². The summed E-state index contributed by atoms with van der Waals surface area (Å²) in [5.41, 5.74) is 1.06. The molecule has 120 valence electrons. The van der Waals surface area contributed by atoms with E-state index in [2.05, 4.69) is 20.0 Å². The lowest BCUT2D eigenvalue weighted by Crippen LogP contribution is -2.24. The minimum absolute atomic E-state index is 0.146. The van der Waals surface area contributed by atoms with Crippen molar-refractivity contribution in [1.82, 2.24) is 15.3 Å². The number of aromatic nitrogens is 2. The molecule has 0 aliphatic rings. The normalized spacial score (nSPS) is 10.1. The summed E-state index contributed by atoms with van der Waals surface area (Å²) < 4.78 is 4.61. The molecule has 23 heavy (non-hydrogen) atoms. The highest BCUT2D eigenvalue weighted by Crippen LogP contribution is 2.09. The Morgan fingerprint density at radius 1 is 1.26 bits per heavy atom. The van der Waals surface area contributed by atoms with Crippen LogP contribution < -0.4 is 10.9 Å². The van der Waals surface area contributed by atoms with E-state index in [1.54, 1.807) is 24.3 Å². The van der Waals surface area contributed by atoms with E-state index in [4.69, 9.17) is 0 Å². The van der Waals surface area contributed by atoms with Crippen molar-refractivity contribution >= 4 is 23.6 Å². The first-order valence-corrected chi connectivity index (χ1v) is 7.69. The van der Waals surface area contributed by atoms with Gasteiger partial charge in [0.25, 0.3) is 5.56 Å². The molecule has 0 aliphatic heterocycles. The Morgan fingerprint density at radius 2 is 2.00 bits per heavy atom. The van der Waals surface area contributed by atoms with Crippen molar-refractivity contribution in [3.8, 4) is 0 Å². The molecule has 0 atom stereocenters. The van der Waals surface area contributed by atoms with Gasteiger partial charge in [-0.2, -0.15) is 0 Å². The molecular formula is C15H15N3O4S. The highest BCUT2D eigenvalue weighted by atomic mass is 32.2. The van der Waals surface area contributed by atoms with Gasteiger partial charge in [-0.05, 0) is 17.7 Å². The van der Waals surface area contributed by atoms with Crippen LogP contribution in [0.15, 0.2) is 46.5 Å². The third kappa shape index (κ3) is 5.26. The molecule has 0 unspecified atom stereocenters. The first-order valence-electron chi connectivity index (χ1n) is 6.70. The molecule has 7 nitrogen and oxygen atoms in total. The lowest BCUT2D eigenvalue weighted by molar-refractivity contribution is -0.118. The first-order chi connectivity index (χ1) is 11.1. The Balaban J connectivity index is 1.80. The van der Waals surface area contributed by atoms with Crippen molar-refractivity contribution in [1.29, 1.82) is 0 Å². The molecule has 1 aromatic heterocycles. The number of amides is 1. The molecule has 1 heterocycles. The molecule has 1 amide bonds. The van der Waals surface area contributed by atoms with Gasteiger partial charge < -0.3 is 15.0 Å². The summed E-state index contributed by atoms with van der Waals surface area (Å²) in [7, 11) is 1.32. The molecule has 2 rings (SSSR count). The Morgan fingerprint density at radius 3 is 2.65 bits per heavy atom. The van der Waals surface area contributed by atoms with Crippen LogP contribution in [0.25, 0.3) is 0 Å². The van der Waals surface area contributed by atoms with E-state index in [-0.39, 0.29) is 17.2 Å². The Labute approximate surface area is 136 Å². The van der Waals surface area contributed by atoms with Gasteiger partial charge in [0.15, 0.2) is 5.16 Å². The molecule has 0 saturated carbocycles. The fourth-order valence-electron chi connectivity index (χ4n) is 1.69. The highest BCUT2D eigenvalue weighted by molar-refractivity contribution is 7.99. The maximum atomic E-state index is 11.8. The van der Waals surface area contributed by atoms with Crippen LogP contribution in [0, 0.1) is 0 Å². The van der Waals surface area contributed by atoms with Gasteiger partial charge in [-0.15, -0.1) is 0 Å². The Bertz CT molecular complexity index is 743. The van der Waals surface area contributed by atoms with Crippen LogP contribution in [0.2, 0.25) is 0 Å². The largest absolute Gasteiger partial charge is 0.465 e. The van der Waals surface area contributed by atoms with E-state index in [1.165, 1.54) is 19.4 Å². The molecule has 0 fully saturated rings. The fraction of sp³-hybridized carbons (Fsp3) is 0.200. The minimum Gasteiger partial charge on any atom is -0.465 e. The predicted octanol–water partition coefficient (Wildman–Crippen LogP) is 0.965. The minimum atomic E-state index is -0.402. The van der Waals surface area contributed by atoms with Gasteiger partial charge in [-0.1, -0.05) is 23.9 Å². The van der Waals surface area contributed by atoms with Crippen molar-refractivity contribution in [2.45, 2.75) is 11.7 Å². The first kappa shape index (κ1) is 16.8. The smallest absolute Gasteiger partial charge is 0.337 e. The molecule has 1 aromatic carbocycles. The SMILES string of the molecule is COC(=O)c1ccc(CNC(=O)CSc2nccc(=O)[nH]2)cc1. The summed E-state index contributed by atoms with van der Waals surface area (Å²) in [6.45, 7) is 0.347. The maximum absolute atomic E-state index is 11.8. The summed E-state index contributed by atoms with van der Waals surface area (Å²) in [5.74, 6) is -0.437. The van der Waals surface area contributed by atoms with Gasteiger partial charge in [-0.3, -0.25) is 9.59 Å². The molecule has 0 bridgehead atoms. The number of nitrogens with one attached hydrogen (secondary N) is 2. The zero-order valence-electron chi connectivity index (χ0n) is 12.4. The van der Waals surface area contributed by atoms with Gasteiger partial charge in [0.2, 0.25) is 5.91 Å². The van der Waals surface area contributed by atoms with E-state index in [0.29, 0.717) is 17.3 Å². The molecule has 2 aromatic rings. The summed E-state index contributed by atoms with van der Waals surface area (Å²) in [6.07, 6.45) is 1.39. The van der Waals surface area contributed by atoms with Gasteiger partial charge in [0.05, 0.1) is 18.4 Å². The number of ether oxygens (including phenoxy) is 1. The van der Waals surface area contributed by atoms with E-state index in [1.807, 2.05) is 0 Å². The van der Waals surface area contributed by atoms with Crippen LogP contribution >= 0.6 is 11.8 Å². The van der Waals surface area contributed by atoms with Gasteiger partial charge >= 0.3 is 5.97 Å². The predicted molar refractivity (Wildman–Crippen MR) is 85.2 cm³/mol. The lowest BCUT2D eigenvalue weighted by Gasteiger charge is -2.06. The van der Waals surface area contributed by atoms with E-state index in [9.17, 15) is 14.4 Å². The molecule has 8 heteroatoms. The van der Waals surface area contributed by atoms with Crippen LogP contribution in [0.5, 0.6) is 0 Å². The van der Waals surface area contributed by atoms with E-state index >= 15 is 0 Å². The zero-order valence-corrected chi connectivity index (χ0v) is 13.2. The number of H-pyrrole nitrogens is 1. The fourth-order valence-corrected chi connectivity index (χ4v) is 2.37. The summed E-state index contributed by atoms with van der Waals surface area (Å²) in [4.78, 5) is 40.7. The van der Waals surface area contributed by atoms with Crippen LogP contribution in [0.1, 0.15) is 15.9 Å². The number of nitrogens with zero attached hydrogens (tertiary/aromatic N) is 1. The number of carbonyl (C=O) groups is 2. The van der Waals surface area contributed by atoms with Gasteiger partial charge in [0.1, 0.15) is 0 Å². The molecule has 0 radical (unpaired) electrons. The Hall–Kier alpha value is -2.61. The quantitative estimate of drug-likeness (QED) is 0.464. The number of rotatable bonds is 6. The lowest BCUT2D eigenvalue weighted by atomic mass is 10.1.